The number of sulfonamides is 1. The zero-order valence-electron chi connectivity index (χ0n) is 14.2. The van der Waals surface area contributed by atoms with Crippen molar-refractivity contribution >= 4 is 22.4 Å². The maximum atomic E-state index is 12.8. The Morgan fingerprint density at radius 1 is 1.21 bits per heavy atom. The Kier molecular flexibility index (Phi) is 6.50. The molecule has 136 valence electrons. The van der Waals surface area contributed by atoms with Crippen molar-refractivity contribution in [1.29, 1.82) is 0 Å². The largest absolute Gasteiger partial charge is 0.496 e. The zero-order valence-corrected chi connectivity index (χ0v) is 15.8. The number of hydrogen-bond donors (Lipinski definition) is 1. The van der Waals surface area contributed by atoms with E-state index in [1.807, 2.05) is 6.92 Å². The molecule has 1 atom stereocenters. The van der Waals surface area contributed by atoms with E-state index in [2.05, 4.69) is 10.2 Å². The van der Waals surface area contributed by atoms with E-state index in [9.17, 15) is 8.42 Å². The fraction of sp³-hybridized carbons (Fsp3) is 0.625. The number of aryl methyl sites for hydroxylation is 1. The summed E-state index contributed by atoms with van der Waals surface area (Å²) in [4.78, 5) is 2.76. The van der Waals surface area contributed by atoms with Gasteiger partial charge < -0.3 is 10.1 Å². The van der Waals surface area contributed by atoms with Crippen LogP contribution in [0.1, 0.15) is 12.0 Å². The lowest BCUT2D eigenvalue weighted by atomic mass is 10.2. The molecule has 1 unspecified atom stereocenters. The van der Waals surface area contributed by atoms with Crippen molar-refractivity contribution in [2.24, 2.45) is 0 Å². The topological polar surface area (TPSA) is 61.9 Å². The molecule has 0 aliphatic carbocycles. The number of nitrogens with one attached hydrogen (secondary N) is 1. The van der Waals surface area contributed by atoms with Crippen LogP contribution in [0.4, 0.5) is 0 Å². The van der Waals surface area contributed by atoms with E-state index in [1.54, 1.807) is 29.6 Å². The second-order valence-electron chi connectivity index (χ2n) is 6.22. The average molecular weight is 376 g/mol. The summed E-state index contributed by atoms with van der Waals surface area (Å²) in [5.41, 5.74) is 0.837. The van der Waals surface area contributed by atoms with Crippen molar-refractivity contribution in [3.63, 3.8) is 0 Å². The van der Waals surface area contributed by atoms with Crippen LogP contribution in [0.15, 0.2) is 23.1 Å². The van der Waals surface area contributed by atoms with Crippen molar-refractivity contribution in [2.75, 3.05) is 46.4 Å². The van der Waals surface area contributed by atoms with Crippen molar-refractivity contribution in [2.45, 2.75) is 24.3 Å². The molecule has 6 nitrogen and oxygen atoms in total. The van der Waals surface area contributed by atoms with E-state index in [0.29, 0.717) is 29.8 Å². The molecule has 1 aromatic rings. The summed E-state index contributed by atoms with van der Waals surface area (Å²) >= 11 is 0. The first-order valence-electron chi connectivity index (χ1n) is 8.12. The van der Waals surface area contributed by atoms with Gasteiger partial charge in [0.1, 0.15) is 5.75 Å². The van der Waals surface area contributed by atoms with Gasteiger partial charge in [0.2, 0.25) is 10.0 Å². The van der Waals surface area contributed by atoms with E-state index < -0.39 is 10.0 Å². The third-order valence-electron chi connectivity index (χ3n) is 4.83. The normalized spacial score (nSPS) is 23.0. The van der Waals surface area contributed by atoms with Crippen LogP contribution in [0.5, 0.6) is 5.75 Å². The highest BCUT2D eigenvalue weighted by Crippen LogP contribution is 2.25. The van der Waals surface area contributed by atoms with Crippen LogP contribution in [0.3, 0.4) is 0 Å². The highest BCUT2D eigenvalue weighted by molar-refractivity contribution is 7.89. The molecule has 3 rings (SSSR count). The van der Waals surface area contributed by atoms with Gasteiger partial charge >= 0.3 is 0 Å². The molecule has 1 N–H and O–H groups in total. The number of rotatable bonds is 4. The summed E-state index contributed by atoms with van der Waals surface area (Å²) < 4.78 is 32.5. The molecule has 2 aliphatic heterocycles. The summed E-state index contributed by atoms with van der Waals surface area (Å²) in [6.07, 6.45) is 1.16. The minimum absolute atomic E-state index is 0. The van der Waals surface area contributed by atoms with E-state index in [1.165, 1.54) is 0 Å². The van der Waals surface area contributed by atoms with E-state index in [0.717, 1.165) is 38.2 Å². The summed E-state index contributed by atoms with van der Waals surface area (Å²) in [6.45, 7) is 6.68. The maximum absolute atomic E-state index is 12.8. The molecule has 24 heavy (non-hydrogen) atoms. The molecule has 2 saturated heterocycles. The van der Waals surface area contributed by atoms with E-state index >= 15 is 0 Å². The molecular formula is C16H26ClN3O3S. The minimum atomic E-state index is -3.42. The smallest absolute Gasteiger partial charge is 0.243 e. The summed E-state index contributed by atoms with van der Waals surface area (Å²) in [5, 5.41) is 3.37. The quantitative estimate of drug-likeness (QED) is 0.853. The van der Waals surface area contributed by atoms with Crippen molar-refractivity contribution in [3.05, 3.63) is 23.8 Å². The molecular weight excluding hydrogens is 350 g/mol. The molecule has 0 radical (unpaired) electrons. The van der Waals surface area contributed by atoms with Gasteiger partial charge in [-0.3, -0.25) is 4.90 Å². The van der Waals surface area contributed by atoms with Crippen LogP contribution in [-0.2, 0) is 10.0 Å². The van der Waals surface area contributed by atoms with E-state index in [-0.39, 0.29) is 12.4 Å². The number of benzene rings is 1. The van der Waals surface area contributed by atoms with Gasteiger partial charge in [-0.25, -0.2) is 8.42 Å². The SMILES string of the molecule is COc1ccc(S(=O)(=O)N2CCN(C3CCNC3)CC2)cc1C.Cl. The fourth-order valence-electron chi connectivity index (χ4n) is 3.42. The molecule has 0 saturated carbocycles. The predicted molar refractivity (Wildman–Crippen MR) is 96.6 cm³/mol. The fourth-order valence-corrected chi connectivity index (χ4v) is 4.93. The van der Waals surface area contributed by atoms with Gasteiger partial charge in [0.25, 0.3) is 0 Å². The molecule has 0 bridgehead atoms. The summed E-state index contributed by atoms with van der Waals surface area (Å²) in [6, 6.07) is 5.61. The third kappa shape index (κ3) is 3.86. The predicted octanol–water partition coefficient (Wildman–Crippen LogP) is 1.09. The minimum Gasteiger partial charge on any atom is -0.496 e. The van der Waals surface area contributed by atoms with Gasteiger partial charge in [-0.1, -0.05) is 0 Å². The van der Waals surface area contributed by atoms with Crippen molar-refractivity contribution in [3.8, 4) is 5.75 Å². The first-order valence-corrected chi connectivity index (χ1v) is 9.56. The Balaban J connectivity index is 0.00000208. The summed E-state index contributed by atoms with van der Waals surface area (Å²) in [5.74, 6) is 0.711. The van der Waals surface area contributed by atoms with Gasteiger partial charge in [-0.15, -0.1) is 12.4 Å². The Bertz CT molecular complexity index is 655. The van der Waals surface area contributed by atoms with Gasteiger partial charge in [0.05, 0.1) is 12.0 Å². The Hall–Kier alpha value is -0.860. The van der Waals surface area contributed by atoms with Crippen LogP contribution < -0.4 is 10.1 Å². The van der Waals surface area contributed by atoms with Crippen molar-refractivity contribution in [1.82, 2.24) is 14.5 Å². The Morgan fingerprint density at radius 3 is 2.46 bits per heavy atom. The first-order chi connectivity index (χ1) is 11.0. The van der Waals surface area contributed by atoms with Crippen LogP contribution in [0, 0.1) is 6.92 Å². The molecule has 8 heteroatoms. The number of nitrogens with zero attached hydrogens (tertiary/aromatic N) is 2. The standard InChI is InChI=1S/C16H25N3O3S.ClH/c1-13-11-15(3-4-16(13)22-2)23(20,21)19-9-7-18(8-10-19)14-5-6-17-12-14;/h3-4,11,14,17H,5-10,12H2,1-2H3;1H. The number of ether oxygens (including phenoxy) is 1. The van der Waals surface area contributed by atoms with Gasteiger partial charge in [0.15, 0.2) is 0 Å². The highest BCUT2D eigenvalue weighted by Gasteiger charge is 2.32. The lowest BCUT2D eigenvalue weighted by Crippen LogP contribution is -2.52. The van der Waals surface area contributed by atoms with Gasteiger partial charge in [0, 0.05) is 38.8 Å². The summed E-state index contributed by atoms with van der Waals surface area (Å²) in [7, 11) is -1.83. The molecule has 0 spiro atoms. The molecule has 2 fully saturated rings. The van der Waals surface area contributed by atoms with Crippen LogP contribution in [0.25, 0.3) is 0 Å². The van der Waals surface area contributed by atoms with Crippen LogP contribution >= 0.6 is 12.4 Å². The molecule has 2 aliphatic rings. The number of hydrogen-bond acceptors (Lipinski definition) is 5. The molecule has 0 amide bonds. The highest BCUT2D eigenvalue weighted by atomic mass is 35.5. The maximum Gasteiger partial charge on any atom is 0.243 e. The van der Waals surface area contributed by atoms with Crippen molar-refractivity contribution < 1.29 is 13.2 Å². The monoisotopic (exact) mass is 375 g/mol. The van der Waals surface area contributed by atoms with Gasteiger partial charge in [-0.05, 0) is 43.7 Å². The Morgan fingerprint density at radius 2 is 1.92 bits per heavy atom. The van der Waals surface area contributed by atoms with Crippen LogP contribution in [0.2, 0.25) is 0 Å². The molecule has 2 heterocycles. The average Bonchev–Trinajstić information content (AvgIpc) is 3.09. The van der Waals surface area contributed by atoms with E-state index in [4.69, 9.17) is 4.74 Å². The zero-order chi connectivity index (χ0) is 16.4. The lowest BCUT2D eigenvalue weighted by Gasteiger charge is -2.37. The molecule has 1 aromatic carbocycles. The second kappa shape index (κ2) is 8.01. The third-order valence-corrected chi connectivity index (χ3v) is 6.72. The van der Waals surface area contributed by atoms with Gasteiger partial charge in [-0.2, -0.15) is 4.31 Å². The lowest BCUT2D eigenvalue weighted by molar-refractivity contribution is 0.145. The molecule has 0 aromatic heterocycles. The second-order valence-corrected chi connectivity index (χ2v) is 8.16. The number of piperazine rings is 1. The number of methoxy groups -OCH3 is 1. The first kappa shape index (κ1) is 19.5. The van der Waals surface area contributed by atoms with Crippen LogP contribution in [-0.4, -0.2) is 70.0 Å². The Labute approximate surface area is 150 Å². The number of halogens is 1.